The van der Waals surface area contributed by atoms with E-state index in [-0.39, 0.29) is 18.6 Å². The van der Waals surface area contributed by atoms with Gasteiger partial charge in [0.05, 0.1) is 24.9 Å². The normalized spacial score (nSPS) is 11.0. The van der Waals surface area contributed by atoms with E-state index in [0.29, 0.717) is 26.7 Å². The van der Waals surface area contributed by atoms with Gasteiger partial charge in [-0.25, -0.2) is 4.79 Å². The van der Waals surface area contributed by atoms with Crippen LogP contribution in [0.1, 0.15) is 16.7 Å². The molecule has 0 aliphatic carbocycles. The topological polar surface area (TPSA) is 82.3 Å². The van der Waals surface area contributed by atoms with Gasteiger partial charge in [-0.15, -0.1) is 11.3 Å². The van der Waals surface area contributed by atoms with Crippen LogP contribution < -0.4 is 21.3 Å². The van der Waals surface area contributed by atoms with E-state index in [2.05, 4.69) is 5.32 Å². The average molecular weight is 484 g/mol. The highest BCUT2D eigenvalue weighted by Crippen LogP contribution is 2.27. The Morgan fingerprint density at radius 3 is 2.58 bits per heavy atom. The standard InChI is InChI=1S/C24H22ClN3O4S/c1-14-4-5-16(10-15(14)2)12-28-23(30)22-19(8-9-33-22)27(24(28)31)13-21(29)26-18-11-17(25)6-7-20(18)32-3/h4-11H,12-13H2,1-3H3,(H,26,29). The van der Waals surface area contributed by atoms with Crippen molar-refractivity contribution in [2.75, 3.05) is 12.4 Å². The Balaban J connectivity index is 1.72. The van der Waals surface area contributed by atoms with Crippen LogP contribution in [0.3, 0.4) is 0 Å². The van der Waals surface area contributed by atoms with Gasteiger partial charge in [-0.05, 0) is 60.2 Å². The third kappa shape index (κ3) is 4.58. The number of rotatable bonds is 6. The third-order valence-corrected chi connectivity index (χ3v) is 6.61. The van der Waals surface area contributed by atoms with Crippen LogP contribution >= 0.6 is 22.9 Å². The molecule has 33 heavy (non-hydrogen) atoms. The van der Waals surface area contributed by atoms with Crippen LogP contribution in [0.5, 0.6) is 5.75 Å². The molecule has 0 fully saturated rings. The van der Waals surface area contributed by atoms with Crippen molar-refractivity contribution in [2.24, 2.45) is 0 Å². The molecule has 4 rings (SSSR count). The van der Waals surface area contributed by atoms with Crippen molar-refractivity contribution in [3.8, 4) is 5.75 Å². The fourth-order valence-corrected chi connectivity index (χ4v) is 4.64. The van der Waals surface area contributed by atoms with Gasteiger partial charge in [0.1, 0.15) is 17.0 Å². The fraction of sp³-hybridized carbons (Fsp3) is 0.208. The van der Waals surface area contributed by atoms with Crippen molar-refractivity contribution in [1.29, 1.82) is 0 Å². The smallest absolute Gasteiger partial charge is 0.332 e. The number of benzene rings is 2. The van der Waals surface area contributed by atoms with Crippen LogP contribution in [-0.4, -0.2) is 22.2 Å². The maximum Gasteiger partial charge on any atom is 0.332 e. The van der Waals surface area contributed by atoms with Crippen LogP contribution in [-0.2, 0) is 17.9 Å². The zero-order valence-electron chi connectivity index (χ0n) is 18.3. The molecule has 0 bridgehead atoms. The van der Waals surface area contributed by atoms with Gasteiger partial charge >= 0.3 is 5.69 Å². The fourth-order valence-electron chi connectivity index (χ4n) is 3.62. The lowest BCUT2D eigenvalue weighted by atomic mass is 10.1. The Bertz CT molecular complexity index is 1490. The number of nitrogens with zero attached hydrogens (tertiary/aromatic N) is 2. The van der Waals surface area contributed by atoms with E-state index in [1.807, 2.05) is 32.0 Å². The first kappa shape index (κ1) is 22.8. The summed E-state index contributed by atoms with van der Waals surface area (Å²) in [6, 6.07) is 12.4. The summed E-state index contributed by atoms with van der Waals surface area (Å²) in [7, 11) is 1.49. The van der Waals surface area contributed by atoms with Crippen LogP contribution in [0.15, 0.2) is 57.4 Å². The molecule has 7 nitrogen and oxygen atoms in total. The minimum absolute atomic E-state index is 0.121. The number of hydrogen-bond acceptors (Lipinski definition) is 5. The Morgan fingerprint density at radius 1 is 1.06 bits per heavy atom. The number of halogens is 1. The van der Waals surface area contributed by atoms with E-state index in [4.69, 9.17) is 16.3 Å². The van der Waals surface area contributed by atoms with Gasteiger partial charge in [-0.2, -0.15) is 0 Å². The third-order valence-electron chi connectivity index (χ3n) is 5.49. The quantitative estimate of drug-likeness (QED) is 0.446. The number of aromatic nitrogens is 2. The Hall–Kier alpha value is -3.36. The number of aryl methyl sites for hydroxylation is 2. The molecular weight excluding hydrogens is 462 g/mol. The molecular formula is C24H22ClN3O4S. The minimum atomic E-state index is -0.544. The molecule has 0 radical (unpaired) electrons. The second kappa shape index (κ2) is 9.25. The molecule has 2 aromatic heterocycles. The lowest BCUT2D eigenvalue weighted by molar-refractivity contribution is -0.116. The number of carbonyl (C=O) groups is 1. The highest BCUT2D eigenvalue weighted by molar-refractivity contribution is 7.17. The van der Waals surface area contributed by atoms with Crippen molar-refractivity contribution in [3.63, 3.8) is 0 Å². The average Bonchev–Trinajstić information content (AvgIpc) is 3.27. The first-order valence-electron chi connectivity index (χ1n) is 10.2. The molecule has 0 spiro atoms. The van der Waals surface area contributed by atoms with Crippen LogP contribution in [0.2, 0.25) is 5.02 Å². The molecule has 2 aromatic carbocycles. The summed E-state index contributed by atoms with van der Waals surface area (Å²) in [6.07, 6.45) is 0. The summed E-state index contributed by atoms with van der Waals surface area (Å²) < 4.78 is 8.19. The predicted molar refractivity (Wildman–Crippen MR) is 132 cm³/mol. The van der Waals surface area contributed by atoms with Crippen LogP contribution in [0.4, 0.5) is 5.69 Å². The Morgan fingerprint density at radius 2 is 1.85 bits per heavy atom. The molecule has 0 atom stereocenters. The SMILES string of the molecule is COc1ccc(Cl)cc1NC(=O)Cn1c(=O)n(Cc2ccc(C)c(C)c2)c(=O)c2sccc21. The number of fused-ring (bicyclic) bond motifs is 1. The molecule has 170 valence electrons. The van der Waals surface area contributed by atoms with Crippen LogP contribution in [0, 0.1) is 13.8 Å². The molecule has 0 saturated carbocycles. The highest BCUT2D eigenvalue weighted by atomic mass is 35.5. The van der Waals surface area contributed by atoms with E-state index in [0.717, 1.165) is 16.7 Å². The summed E-state index contributed by atoms with van der Waals surface area (Å²) in [5.74, 6) is 0.00188. The monoisotopic (exact) mass is 483 g/mol. The largest absolute Gasteiger partial charge is 0.495 e. The van der Waals surface area contributed by atoms with Crippen molar-refractivity contribution < 1.29 is 9.53 Å². The molecule has 4 aromatic rings. The van der Waals surface area contributed by atoms with Crippen molar-refractivity contribution in [3.05, 3.63) is 90.4 Å². The summed E-state index contributed by atoms with van der Waals surface area (Å²) in [5, 5.41) is 4.91. The molecule has 0 aliphatic heterocycles. The first-order chi connectivity index (χ1) is 15.8. The van der Waals surface area contributed by atoms with E-state index in [1.54, 1.807) is 29.6 Å². The maximum absolute atomic E-state index is 13.3. The predicted octanol–water partition coefficient (Wildman–Crippen LogP) is 4.19. The lowest BCUT2D eigenvalue weighted by Crippen LogP contribution is -2.41. The Labute approximate surface area is 198 Å². The summed E-state index contributed by atoms with van der Waals surface area (Å²) >= 11 is 7.29. The van der Waals surface area contributed by atoms with Gasteiger partial charge < -0.3 is 10.1 Å². The number of methoxy groups -OCH3 is 1. The zero-order valence-corrected chi connectivity index (χ0v) is 19.9. The number of anilines is 1. The van der Waals surface area contributed by atoms with Gasteiger partial charge in [0, 0.05) is 5.02 Å². The summed E-state index contributed by atoms with van der Waals surface area (Å²) in [6.45, 7) is 3.84. The van der Waals surface area contributed by atoms with E-state index < -0.39 is 11.6 Å². The van der Waals surface area contributed by atoms with Crippen molar-refractivity contribution in [1.82, 2.24) is 9.13 Å². The summed E-state index contributed by atoms with van der Waals surface area (Å²) in [4.78, 5) is 39.2. The van der Waals surface area contributed by atoms with E-state index in [9.17, 15) is 14.4 Å². The number of nitrogens with one attached hydrogen (secondary N) is 1. The molecule has 0 unspecified atom stereocenters. The molecule has 9 heteroatoms. The second-order valence-electron chi connectivity index (χ2n) is 7.71. The Kier molecular flexibility index (Phi) is 6.40. The van der Waals surface area contributed by atoms with Gasteiger partial charge in [-0.3, -0.25) is 18.7 Å². The number of ether oxygens (including phenoxy) is 1. The number of hydrogen-bond donors (Lipinski definition) is 1. The lowest BCUT2D eigenvalue weighted by Gasteiger charge is -2.14. The number of thiophene rings is 1. The van der Waals surface area contributed by atoms with Gasteiger partial charge in [0.25, 0.3) is 5.56 Å². The maximum atomic E-state index is 13.3. The molecule has 1 N–H and O–H groups in total. The zero-order chi connectivity index (χ0) is 23.7. The van der Waals surface area contributed by atoms with E-state index >= 15 is 0 Å². The van der Waals surface area contributed by atoms with Gasteiger partial charge in [-0.1, -0.05) is 29.8 Å². The van der Waals surface area contributed by atoms with Crippen LogP contribution in [0.25, 0.3) is 10.2 Å². The first-order valence-corrected chi connectivity index (χ1v) is 11.4. The van der Waals surface area contributed by atoms with Gasteiger partial charge in [0.15, 0.2) is 0 Å². The molecule has 0 saturated heterocycles. The number of amides is 1. The summed E-state index contributed by atoms with van der Waals surface area (Å²) in [5.41, 5.74) is 2.97. The minimum Gasteiger partial charge on any atom is -0.495 e. The highest BCUT2D eigenvalue weighted by Gasteiger charge is 2.18. The molecule has 2 heterocycles. The molecule has 0 aliphatic rings. The van der Waals surface area contributed by atoms with Crippen molar-refractivity contribution >= 4 is 44.7 Å². The molecule has 1 amide bonds. The van der Waals surface area contributed by atoms with Crippen molar-refractivity contribution in [2.45, 2.75) is 26.9 Å². The second-order valence-corrected chi connectivity index (χ2v) is 9.06. The van der Waals surface area contributed by atoms with E-state index in [1.165, 1.54) is 27.6 Å². The van der Waals surface area contributed by atoms with Gasteiger partial charge in [0.2, 0.25) is 5.91 Å². The number of carbonyl (C=O) groups excluding carboxylic acids is 1.